The van der Waals surface area contributed by atoms with Crippen LogP contribution >= 0.6 is 11.6 Å². The summed E-state index contributed by atoms with van der Waals surface area (Å²) in [5.74, 6) is -0.653. The van der Waals surface area contributed by atoms with E-state index in [4.69, 9.17) is 16.3 Å². The SMILES string of the molecule is COC(=O)/C(=C1\c2ccccc2C(=O)N1Cc1ccccc1)c1ccc(Cl)cc1. The number of carbonyl (C=O) groups excluding carboxylic acids is 2. The van der Waals surface area contributed by atoms with Crippen LogP contribution in [0.1, 0.15) is 27.0 Å². The Morgan fingerprint density at radius 2 is 1.52 bits per heavy atom. The minimum atomic E-state index is -0.509. The van der Waals surface area contributed by atoms with Crippen LogP contribution in [0.5, 0.6) is 0 Å². The third-order valence-electron chi connectivity index (χ3n) is 4.87. The molecule has 4 nitrogen and oxygen atoms in total. The van der Waals surface area contributed by atoms with Gasteiger partial charge in [0.05, 0.1) is 24.9 Å². The van der Waals surface area contributed by atoms with Gasteiger partial charge in [0.25, 0.3) is 5.91 Å². The number of rotatable bonds is 4. The molecular formula is C24H18ClNO3. The molecule has 0 spiro atoms. The summed E-state index contributed by atoms with van der Waals surface area (Å²) in [6.07, 6.45) is 0. The number of ether oxygens (including phenoxy) is 1. The maximum Gasteiger partial charge on any atom is 0.340 e. The molecule has 1 aliphatic heterocycles. The highest BCUT2D eigenvalue weighted by Gasteiger charge is 2.36. The van der Waals surface area contributed by atoms with Gasteiger partial charge in [0, 0.05) is 16.1 Å². The first kappa shape index (κ1) is 19.0. The molecule has 0 radical (unpaired) electrons. The van der Waals surface area contributed by atoms with Crippen molar-refractivity contribution >= 4 is 34.7 Å². The highest BCUT2D eigenvalue weighted by Crippen LogP contribution is 2.39. The fourth-order valence-corrected chi connectivity index (χ4v) is 3.65. The fraction of sp³-hybridized carbons (Fsp3) is 0.0833. The van der Waals surface area contributed by atoms with Crippen molar-refractivity contribution in [2.24, 2.45) is 0 Å². The molecule has 0 aromatic heterocycles. The van der Waals surface area contributed by atoms with E-state index in [-0.39, 0.29) is 5.91 Å². The second-order valence-electron chi connectivity index (χ2n) is 6.64. The van der Waals surface area contributed by atoms with Gasteiger partial charge < -0.3 is 9.64 Å². The van der Waals surface area contributed by atoms with Gasteiger partial charge in [0.15, 0.2) is 0 Å². The van der Waals surface area contributed by atoms with E-state index in [9.17, 15) is 9.59 Å². The van der Waals surface area contributed by atoms with Gasteiger partial charge in [-0.25, -0.2) is 4.79 Å². The van der Waals surface area contributed by atoms with Gasteiger partial charge in [-0.15, -0.1) is 0 Å². The average molecular weight is 404 g/mol. The van der Waals surface area contributed by atoms with Crippen LogP contribution in [0.2, 0.25) is 5.02 Å². The van der Waals surface area contributed by atoms with Gasteiger partial charge in [-0.2, -0.15) is 0 Å². The summed E-state index contributed by atoms with van der Waals surface area (Å²) in [6, 6.07) is 23.9. The summed E-state index contributed by atoms with van der Waals surface area (Å²) in [5.41, 5.74) is 3.75. The zero-order chi connectivity index (χ0) is 20.4. The Balaban J connectivity index is 1.96. The summed E-state index contributed by atoms with van der Waals surface area (Å²) in [6.45, 7) is 0.345. The van der Waals surface area contributed by atoms with Crippen LogP contribution in [0.4, 0.5) is 0 Å². The van der Waals surface area contributed by atoms with Crippen molar-refractivity contribution in [1.29, 1.82) is 0 Å². The fourth-order valence-electron chi connectivity index (χ4n) is 3.52. The van der Waals surface area contributed by atoms with Crippen LogP contribution in [0.25, 0.3) is 11.3 Å². The Hall–Kier alpha value is -3.37. The van der Waals surface area contributed by atoms with Crippen LogP contribution in [0, 0.1) is 0 Å². The van der Waals surface area contributed by atoms with Gasteiger partial charge in [-0.1, -0.05) is 72.3 Å². The maximum absolute atomic E-state index is 13.2. The van der Waals surface area contributed by atoms with Crippen molar-refractivity contribution in [2.75, 3.05) is 7.11 Å². The average Bonchev–Trinajstić information content (AvgIpc) is 3.02. The lowest BCUT2D eigenvalue weighted by Gasteiger charge is -2.22. The first-order chi connectivity index (χ1) is 14.1. The van der Waals surface area contributed by atoms with E-state index in [0.717, 1.165) is 5.56 Å². The second kappa shape index (κ2) is 7.94. The van der Waals surface area contributed by atoms with Crippen molar-refractivity contribution in [2.45, 2.75) is 6.54 Å². The Labute approximate surface area is 174 Å². The van der Waals surface area contributed by atoms with E-state index in [0.29, 0.717) is 39.5 Å². The number of hydrogen-bond acceptors (Lipinski definition) is 3. The van der Waals surface area contributed by atoms with E-state index in [1.807, 2.05) is 48.5 Å². The highest BCUT2D eigenvalue weighted by molar-refractivity contribution is 6.31. The molecule has 0 N–H and O–H groups in total. The van der Waals surface area contributed by atoms with Crippen molar-refractivity contribution in [3.8, 4) is 0 Å². The van der Waals surface area contributed by atoms with Gasteiger partial charge in [-0.05, 0) is 29.3 Å². The van der Waals surface area contributed by atoms with Crippen molar-refractivity contribution in [3.63, 3.8) is 0 Å². The third-order valence-corrected chi connectivity index (χ3v) is 5.12. The summed E-state index contributed by atoms with van der Waals surface area (Å²) in [4.78, 5) is 27.7. The summed E-state index contributed by atoms with van der Waals surface area (Å²) < 4.78 is 5.09. The van der Waals surface area contributed by atoms with Gasteiger partial charge in [0.2, 0.25) is 0 Å². The number of benzene rings is 3. The molecule has 1 aliphatic rings. The molecule has 1 amide bonds. The molecule has 3 aromatic carbocycles. The number of nitrogens with zero attached hydrogens (tertiary/aromatic N) is 1. The predicted molar refractivity (Wildman–Crippen MR) is 113 cm³/mol. The van der Waals surface area contributed by atoms with Gasteiger partial charge in [-0.3, -0.25) is 4.79 Å². The van der Waals surface area contributed by atoms with Crippen LogP contribution < -0.4 is 0 Å². The summed E-state index contributed by atoms with van der Waals surface area (Å²) in [7, 11) is 1.34. The van der Waals surface area contributed by atoms with Crippen LogP contribution in [-0.2, 0) is 16.1 Å². The van der Waals surface area contributed by atoms with Crippen LogP contribution in [0.3, 0.4) is 0 Å². The molecule has 0 fully saturated rings. The lowest BCUT2D eigenvalue weighted by atomic mass is 9.98. The number of amides is 1. The van der Waals surface area contributed by atoms with E-state index in [2.05, 4.69) is 0 Å². The normalized spacial score (nSPS) is 14.6. The minimum absolute atomic E-state index is 0.144. The van der Waals surface area contributed by atoms with E-state index >= 15 is 0 Å². The molecule has 0 aliphatic carbocycles. The van der Waals surface area contributed by atoms with E-state index in [1.54, 1.807) is 35.2 Å². The molecular weight excluding hydrogens is 386 g/mol. The Kier molecular flexibility index (Phi) is 5.19. The van der Waals surface area contributed by atoms with Crippen molar-refractivity contribution in [1.82, 2.24) is 4.90 Å². The minimum Gasteiger partial charge on any atom is -0.465 e. The Morgan fingerprint density at radius 1 is 0.897 bits per heavy atom. The molecule has 29 heavy (non-hydrogen) atoms. The number of carbonyl (C=O) groups is 2. The molecule has 0 atom stereocenters. The number of methoxy groups -OCH3 is 1. The van der Waals surface area contributed by atoms with Crippen LogP contribution in [0.15, 0.2) is 78.9 Å². The van der Waals surface area contributed by atoms with E-state index in [1.165, 1.54) is 7.11 Å². The zero-order valence-electron chi connectivity index (χ0n) is 15.8. The number of esters is 1. The predicted octanol–water partition coefficient (Wildman–Crippen LogP) is 5.04. The third kappa shape index (κ3) is 3.55. The summed E-state index contributed by atoms with van der Waals surface area (Å²) in [5, 5.41) is 0.562. The molecule has 5 heteroatoms. The molecule has 144 valence electrons. The second-order valence-corrected chi connectivity index (χ2v) is 7.08. The molecule has 3 aromatic rings. The van der Waals surface area contributed by atoms with Crippen LogP contribution in [-0.4, -0.2) is 23.9 Å². The molecule has 1 heterocycles. The lowest BCUT2D eigenvalue weighted by molar-refractivity contribution is -0.133. The number of fused-ring (bicyclic) bond motifs is 1. The molecule has 4 rings (SSSR count). The highest BCUT2D eigenvalue weighted by atomic mass is 35.5. The molecule has 0 unspecified atom stereocenters. The monoisotopic (exact) mass is 403 g/mol. The summed E-state index contributed by atoms with van der Waals surface area (Å²) >= 11 is 6.03. The van der Waals surface area contributed by atoms with Gasteiger partial charge in [0.1, 0.15) is 0 Å². The maximum atomic E-state index is 13.2. The number of hydrogen-bond donors (Lipinski definition) is 0. The smallest absolute Gasteiger partial charge is 0.340 e. The quantitative estimate of drug-likeness (QED) is 0.453. The molecule has 0 bridgehead atoms. The lowest BCUT2D eigenvalue weighted by Crippen LogP contribution is -2.24. The molecule has 0 saturated carbocycles. The first-order valence-electron chi connectivity index (χ1n) is 9.14. The largest absolute Gasteiger partial charge is 0.465 e. The standard InChI is InChI=1S/C24H18ClNO3/c1-29-24(28)21(17-11-13-18(25)14-12-17)22-19-9-5-6-10-20(19)23(27)26(22)15-16-7-3-2-4-8-16/h2-14H,15H2,1H3/b22-21+. The van der Waals surface area contributed by atoms with Crippen molar-refractivity contribution < 1.29 is 14.3 Å². The topological polar surface area (TPSA) is 46.6 Å². The van der Waals surface area contributed by atoms with Crippen molar-refractivity contribution in [3.05, 3.63) is 106 Å². The first-order valence-corrected chi connectivity index (χ1v) is 9.51. The molecule has 0 saturated heterocycles. The number of halogens is 1. The van der Waals surface area contributed by atoms with E-state index < -0.39 is 5.97 Å². The Bertz CT molecular complexity index is 1100. The zero-order valence-corrected chi connectivity index (χ0v) is 16.5. The van der Waals surface area contributed by atoms with Gasteiger partial charge >= 0.3 is 5.97 Å². The Morgan fingerprint density at radius 3 is 2.17 bits per heavy atom.